The number of ether oxygens (including phenoxy) is 2. The zero-order chi connectivity index (χ0) is 14.0. The van der Waals surface area contributed by atoms with Crippen molar-refractivity contribution in [2.45, 2.75) is 31.9 Å². The van der Waals surface area contributed by atoms with Crippen LogP contribution in [0, 0.1) is 0 Å². The Kier molecular flexibility index (Phi) is 3.66. The van der Waals surface area contributed by atoms with Crippen LogP contribution in [-0.2, 0) is 4.79 Å². The average molecular weight is 264 g/mol. The molecule has 19 heavy (non-hydrogen) atoms. The lowest BCUT2D eigenvalue weighted by molar-refractivity contribution is -0.122. The summed E-state index contributed by atoms with van der Waals surface area (Å²) in [5, 5.41) is 2.50. The maximum atomic E-state index is 11.1. The van der Waals surface area contributed by atoms with Crippen molar-refractivity contribution >= 4 is 5.91 Å². The molecule has 1 aromatic carbocycles. The van der Waals surface area contributed by atoms with Crippen molar-refractivity contribution in [1.82, 2.24) is 5.32 Å². The second-order valence-electron chi connectivity index (χ2n) is 5.33. The summed E-state index contributed by atoms with van der Waals surface area (Å²) >= 11 is 0. The van der Waals surface area contributed by atoms with Gasteiger partial charge in [-0.05, 0) is 19.9 Å². The number of nitrogens with two attached hydrogens (primary N) is 1. The summed E-state index contributed by atoms with van der Waals surface area (Å²) in [5.74, 6) is 1.17. The van der Waals surface area contributed by atoms with Crippen LogP contribution in [0.2, 0.25) is 0 Å². The van der Waals surface area contributed by atoms with E-state index in [0.717, 1.165) is 17.7 Å². The second-order valence-corrected chi connectivity index (χ2v) is 5.33. The Hall–Kier alpha value is -1.75. The fourth-order valence-corrected chi connectivity index (χ4v) is 2.20. The summed E-state index contributed by atoms with van der Waals surface area (Å²) in [7, 11) is 1.57. The molecule has 1 aliphatic heterocycles. The Morgan fingerprint density at radius 3 is 3.00 bits per heavy atom. The van der Waals surface area contributed by atoms with Gasteiger partial charge in [-0.3, -0.25) is 4.79 Å². The predicted octanol–water partition coefficient (Wildman–Crippen LogP) is 1.37. The number of carbonyl (C=O) groups is 1. The molecule has 1 amide bonds. The van der Waals surface area contributed by atoms with Crippen LogP contribution in [0.3, 0.4) is 0 Å². The van der Waals surface area contributed by atoms with Gasteiger partial charge in [0.05, 0.1) is 0 Å². The van der Waals surface area contributed by atoms with E-state index < -0.39 is 0 Å². The Morgan fingerprint density at radius 1 is 1.58 bits per heavy atom. The van der Waals surface area contributed by atoms with Gasteiger partial charge >= 0.3 is 0 Å². The first-order valence-corrected chi connectivity index (χ1v) is 6.33. The Balaban J connectivity index is 2.16. The first kappa shape index (κ1) is 13.7. The third-order valence-corrected chi connectivity index (χ3v) is 3.13. The third kappa shape index (κ3) is 3.17. The quantitative estimate of drug-likeness (QED) is 0.865. The van der Waals surface area contributed by atoms with Gasteiger partial charge in [-0.2, -0.15) is 0 Å². The molecule has 0 saturated carbocycles. The van der Waals surface area contributed by atoms with Crippen molar-refractivity contribution in [1.29, 1.82) is 0 Å². The Bertz CT molecular complexity index is 486. The van der Waals surface area contributed by atoms with E-state index in [4.69, 9.17) is 15.2 Å². The molecule has 5 nitrogen and oxygen atoms in total. The molecule has 0 saturated heterocycles. The fourth-order valence-electron chi connectivity index (χ4n) is 2.20. The van der Waals surface area contributed by atoms with Gasteiger partial charge < -0.3 is 20.5 Å². The summed E-state index contributed by atoms with van der Waals surface area (Å²) in [6, 6.07) is 5.46. The van der Waals surface area contributed by atoms with Gasteiger partial charge in [0.15, 0.2) is 6.61 Å². The molecule has 0 radical (unpaired) electrons. The van der Waals surface area contributed by atoms with Crippen molar-refractivity contribution in [3.05, 3.63) is 23.8 Å². The highest BCUT2D eigenvalue weighted by molar-refractivity contribution is 5.77. The zero-order valence-electron chi connectivity index (χ0n) is 11.5. The number of fused-ring (bicyclic) bond motifs is 1. The van der Waals surface area contributed by atoms with Gasteiger partial charge in [0.1, 0.15) is 17.1 Å². The lowest BCUT2D eigenvalue weighted by Gasteiger charge is -2.36. The Morgan fingerprint density at radius 2 is 2.32 bits per heavy atom. The monoisotopic (exact) mass is 264 g/mol. The number of likely N-dealkylation sites (N-methyl/N-ethyl adjacent to an activating group) is 1. The van der Waals surface area contributed by atoms with Crippen LogP contribution in [-0.4, -0.2) is 25.2 Å². The van der Waals surface area contributed by atoms with Crippen LogP contribution in [0.4, 0.5) is 0 Å². The molecule has 5 heteroatoms. The third-order valence-electron chi connectivity index (χ3n) is 3.13. The van der Waals surface area contributed by atoms with Crippen molar-refractivity contribution < 1.29 is 14.3 Å². The molecule has 1 atom stereocenters. The number of rotatable bonds is 3. The van der Waals surface area contributed by atoms with Gasteiger partial charge in [0, 0.05) is 31.1 Å². The van der Waals surface area contributed by atoms with E-state index in [0.29, 0.717) is 5.75 Å². The Labute approximate surface area is 113 Å². The number of carbonyl (C=O) groups excluding carboxylic acids is 1. The van der Waals surface area contributed by atoms with Crippen molar-refractivity contribution in [3.63, 3.8) is 0 Å². The molecule has 3 N–H and O–H groups in total. The van der Waals surface area contributed by atoms with E-state index in [2.05, 4.69) is 5.32 Å². The van der Waals surface area contributed by atoms with E-state index in [9.17, 15) is 4.79 Å². The number of amides is 1. The predicted molar refractivity (Wildman–Crippen MR) is 72.3 cm³/mol. The van der Waals surface area contributed by atoms with E-state index >= 15 is 0 Å². The molecule has 0 aromatic heterocycles. The number of benzene rings is 1. The minimum absolute atomic E-state index is 0.00919. The maximum absolute atomic E-state index is 11.1. The molecule has 0 spiro atoms. The summed E-state index contributed by atoms with van der Waals surface area (Å²) in [5.41, 5.74) is 6.82. The van der Waals surface area contributed by atoms with E-state index in [1.807, 2.05) is 26.0 Å². The highest BCUT2D eigenvalue weighted by Gasteiger charge is 2.31. The van der Waals surface area contributed by atoms with E-state index in [1.165, 1.54) is 0 Å². The molecule has 1 heterocycles. The number of nitrogens with one attached hydrogen (secondary N) is 1. The van der Waals surface area contributed by atoms with Crippen LogP contribution in [0.25, 0.3) is 0 Å². The number of hydrogen-bond donors (Lipinski definition) is 2. The molecular formula is C14H20N2O3. The standard InChI is InChI=1S/C14H20N2O3/c1-14(2)7-11(15)10-5-4-9(6-12(10)19-14)18-8-13(17)16-3/h4-6,11H,7-8,15H2,1-3H3,(H,16,17). The molecule has 1 unspecified atom stereocenters. The molecule has 104 valence electrons. The molecule has 0 fully saturated rings. The van der Waals surface area contributed by atoms with Crippen LogP contribution >= 0.6 is 0 Å². The molecule has 2 rings (SSSR count). The van der Waals surface area contributed by atoms with E-state index in [1.54, 1.807) is 13.1 Å². The summed E-state index contributed by atoms with van der Waals surface area (Å²) < 4.78 is 11.3. The molecule has 1 aromatic rings. The first-order valence-electron chi connectivity index (χ1n) is 6.33. The SMILES string of the molecule is CNC(=O)COc1ccc2c(c1)OC(C)(C)CC2N. The average Bonchev–Trinajstić information content (AvgIpc) is 2.33. The molecule has 0 aliphatic carbocycles. The van der Waals surface area contributed by atoms with Gasteiger partial charge in [-0.1, -0.05) is 6.07 Å². The van der Waals surface area contributed by atoms with Crippen molar-refractivity contribution in [3.8, 4) is 11.5 Å². The highest BCUT2D eigenvalue weighted by Crippen LogP contribution is 2.39. The van der Waals surface area contributed by atoms with Crippen LogP contribution < -0.4 is 20.5 Å². The minimum Gasteiger partial charge on any atom is -0.487 e. The summed E-state index contributed by atoms with van der Waals surface area (Å²) in [4.78, 5) is 11.1. The largest absolute Gasteiger partial charge is 0.487 e. The van der Waals surface area contributed by atoms with E-state index in [-0.39, 0.29) is 24.2 Å². The summed E-state index contributed by atoms with van der Waals surface area (Å²) in [6.07, 6.45) is 0.776. The van der Waals surface area contributed by atoms with Crippen molar-refractivity contribution in [2.24, 2.45) is 5.73 Å². The van der Waals surface area contributed by atoms with Gasteiger partial charge in [0.2, 0.25) is 0 Å². The first-order chi connectivity index (χ1) is 8.91. The lowest BCUT2D eigenvalue weighted by Crippen LogP contribution is -2.37. The van der Waals surface area contributed by atoms with Gasteiger partial charge in [-0.15, -0.1) is 0 Å². The van der Waals surface area contributed by atoms with Crippen molar-refractivity contribution in [2.75, 3.05) is 13.7 Å². The smallest absolute Gasteiger partial charge is 0.257 e. The van der Waals surface area contributed by atoms with Crippen LogP contribution in [0.1, 0.15) is 31.9 Å². The fraction of sp³-hybridized carbons (Fsp3) is 0.500. The molecule has 0 bridgehead atoms. The van der Waals surface area contributed by atoms with Crippen LogP contribution in [0.15, 0.2) is 18.2 Å². The molecular weight excluding hydrogens is 244 g/mol. The maximum Gasteiger partial charge on any atom is 0.257 e. The lowest BCUT2D eigenvalue weighted by atomic mass is 9.90. The second kappa shape index (κ2) is 5.09. The van der Waals surface area contributed by atoms with Gasteiger partial charge in [0.25, 0.3) is 5.91 Å². The molecule has 1 aliphatic rings. The highest BCUT2D eigenvalue weighted by atomic mass is 16.5. The topological polar surface area (TPSA) is 73.6 Å². The normalized spacial score (nSPS) is 20.1. The van der Waals surface area contributed by atoms with Crippen LogP contribution in [0.5, 0.6) is 11.5 Å². The van der Waals surface area contributed by atoms with Gasteiger partial charge in [-0.25, -0.2) is 0 Å². The number of hydrogen-bond acceptors (Lipinski definition) is 4. The minimum atomic E-state index is -0.286. The summed E-state index contributed by atoms with van der Waals surface area (Å²) in [6.45, 7) is 4.01. The zero-order valence-corrected chi connectivity index (χ0v) is 11.5.